The van der Waals surface area contributed by atoms with Gasteiger partial charge in [-0.05, 0) is 29.8 Å². The summed E-state index contributed by atoms with van der Waals surface area (Å²) in [7, 11) is 1.45. The zero-order chi connectivity index (χ0) is 14.8. The van der Waals surface area contributed by atoms with Gasteiger partial charge in [-0.2, -0.15) is 0 Å². The summed E-state index contributed by atoms with van der Waals surface area (Å²) in [5.74, 6) is 0.165. The van der Waals surface area contributed by atoms with Gasteiger partial charge in [-0.25, -0.2) is 0 Å². The molecule has 6 heteroatoms. The molecular formula is C14H10ClF3O2. The number of para-hydroxylation sites is 1. The van der Waals surface area contributed by atoms with Gasteiger partial charge in [-0.3, -0.25) is 0 Å². The molecule has 0 N–H and O–H groups in total. The number of alkyl halides is 3. The lowest BCUT2D eigenvalue weighted by Crippen LogP contribution is -2.17. The number of halogens is 4. The van der Waals surface area contributed by atoms with Crippen LogP contribution in [0.1, 0.15) is 0 Å². The molecular weight excluding hydrogens is 293 g/mol. The largest absolute Gasteiger partial charge is 0.573 e. The van der Waals surface area contributed by atoms with E-state index in [1.807, 2.05) is 0 Å². The van der Waals surface area contributed by atoms with Gasteiger partial charge in [0.15, 0.2) is 0 Å². The molecule has 0 radical (unpaired) electrons. The highest BCUT2D eigenvalue weighted by atomic mass is 35.5. The van der Waals surface area contributed by atoms with Crippen LogP contribution < -0.4 is 9.47 Å². The molecule has 0 heterocycles. The van der Waals surface area contributed by atoms with Crippen molar-refractivity contribution in [1.82, 2.24) is 0 Å². The van der Waals surface area contributed by atoms with Crippen molar-refractivity contribution in [3.8, 4) is 22.6 Å². The molecule has 106 valence electrons. The van der Waals surface area contributed by atoms with Crippen LogP contribution in [0.4, 0.5) is 13.2 Å². The van der Waals surface area contributed by atoms with Crippen LogP contribution >= 0.6 is 11.6 Å². The molecule has 0 fully saturated rings. The highest BCUT2D eigenvalue weighted by Crippen LogP contribution is 2.36. The van der Waals surface area contributed by atoms with E-state index in [2.05, 4.69) is 4.74 Å². The SMILES string of the molecule is COc1cc(Cl)cc(-c2ccccc2OC(F)(F)F)c1. The third kappa shape index (κ3) is 3.57. The monoisotopic (exact) mass is 302 g/mol. The van der Waals surface area contributed by atoms with Gasteiger partial charge in [0.1, 0.15) is 11.5 Å². The summed E-state index contributed by atoms with van der Waals surface area (Å²) in [5, 5.41) is 0.362. The van der Waals surface area contributed by atoms with E-state index in [4.69, 9.17) is 16.3 Å². The smallest absolute Gasteiger partial charge is 0.497 e. The van der Waals surface area contributed by atoms with E-state index in [-0.39, 0.29) is 11.3 Å². The van der Waals surface area contributed by atoms with Crippen molar-refractivity contribution < 1.29 is 22.6 Å². The van der Waals surface area contributed by atoms with Crippen molar-refractivity contribution in [2.24, 2.45) is 0 Å². The summed E-state index contributed by atoms with van der Waals surface area (Å²) in [6, 6.07) is 10.5. The van der Waals surface area contributed by atoms with Crippen LogP contribution in [0.2, 0.25) is 5.02 Å². The van der Waals surface area contributed by atoms with Gasteiger partial charge in [-0.1, -0.05) is 29.8 Å². The number of benzene rings is 2. The van der Waals surface area contributed by atoms with Gasteiger partial charge in [0, 0.05) is 10.6 Å². The summed E-state index contributed by atoms with van der Waals surface area (Å²) in [6.07, 6.45) is -4.75. The zero-order valence-corrected chi connectivity index (χ0v) is 11.1. The Labute approximate surface area is 118 Å². The number of hydrogen-bond donors (Lipinski definition) is 0. The first-order chi connectivity index (χ1) is 9.39. The Kier molecular flexibility index (Phi) is 4.09. The fourth-order valence-corrected chi connectivity index (χ4v) is 1.98. The van der Waals surface area contributed by atoms with Crippen LogP contribution in [0, 0.1) is 0 Å². The predicted molar refractivity (Wildman–Crippen MR) is 70.1 cm³/mol. The Morgan fingerprint density at radius 3 is 2.40 bits per heavy atom. The van der Waals surface area contributed by atoms with Crippen LogP contribution in [0.25, 0.3) is 11.1 Å². The summed E-state index contributed by atoms with van der Waals surface area (Å²) in [6.45, 7) is 0. The molecule has 0 unspecified atom stereocenters. The minimum absolute atomic E-state index is 0.283. The van der Waals surface area contributed by atoms with Crippen LogP contribution in [-0.2, 0) is 0 Å². The van der Waals surface area contributed by atoms with E-state index in [1.54, 1.807) is 24.3 Å². The maximum atomic E-state index is 12.4. The van der Waals surface area contributed by atoms with Crippen molar-refractivity contribution in [2.45, 2.75) is 6.36 Å². The van der Waals surface area contributed by atoms with Crippen LogP contribution in [0.15, 0.2) is 42.5 Å². The van der Waals surface area contributed by atoms with Crippen molar-refractivity contribution in [3.05, 3.63) is 47.5 Å². The summed E-state index contributed by atoms with van der Waals surface area (Å²) in [4.78, 5) is 0. The Balaban J connectivity index is 2.50. The Hall–Kier alpha value is -1.88. The van der Waals surface area contributed by atoms with E-state index in [0.29, 0.717) is 16.3 Å². The van der Waals surface area contributed by atoms with Crippen LogP contribution in [-0.4, -0.2) is 13.5 Å². The second-order valence-electron chi connectivity index (χ2n) is 3.92. The predicted octanol–water partition coefficient (Wildman–Crippen LogP) is 4.91. The van der Waals surface area contributed by atoms with Crippen molar-refractivity contribution in [1.29, 1.82) is 0 Å². The average Bonchev–Trinajstić information content (AvgIpc) is 2.36. The molecule has 0 atom stereocenters. The molecule has 0 aliphatic heterocycles. The Bertz CT molecular complexity index is 612. The molecule has 0 aromatic heterocycles. The van der Waals surface area contributed by atoms with E-state index in [0.717, 1.165) is 0 Å². The number of rotatable bonds is 3. The van der Waals surface area contributed by atoms with E-state index in [1.165, 1.54) is 25.3 Å². The quantitative estimate of drug-likeness (QED) is 0.801. The number of ether oxygens (including phenoxy) is 2. The molecule has 2 nitrogen and oxygen atoms in total. The first-order valence-electron chi connectivity index (χ1n) is 5.59. The molecule has 2 aromatic carbocycles. The van der Waals surface area contributed by atoms with Crippen molar-refractivity contribution in [2.75, 3.05) is 7.11 Å². The first-order valence-corrected chi connectivity index (χ1v) is 5.96. The van der Waals surface area contributed by atoms with E-state index in [9.17, 15) is 13.2 Å². The molecule has 0 saturated heterocycles. The topological polar surface area (TPSA) is 18.5 Å². The standard InChI is InChI=1S/C14H10ClF3O2/c1-19-11-7-9(6-10(15)8-11)12-4-2-3-5-13(12)20-14(16,17)18/h2-8H,1H3. The minimum atomic E-state index is -4.75. The van der Waals surface area contributed by atoms with Crippen LogP contribution in [0.5, 0.6) is 11.5 Å². The zero-order valence-electron chi connectivity index (χ0n) is 10.4. The average molecular weight is 303 g/mol. The maximum absolute atomic E-state index is 12.4. The minimum Gasteiger partial charge on any atom is -0.497 e. The second kappa shape index (κ2) is 5.63. The molecule has 0 saturated carbocycles. The molecule has 20 heavy (non-hydrogen) atoms. The first kappa shape index (κ1) is 14.5. The third-order valence-corrected chi connectivity index (χ3v) is 2.75. The number of hydrogen-bond acceptors (Lipinski definition) is 2. The van der Waals surface area contributed by atoms with Crippen molar-refractivity contribution >= 4 is 11.6 Å². The second-order valence-corrected chi connectivity index (χ2v) is 4.36. The molecule has 2 rings (SSSR count). The molecule has 0 aliphatic rings. The van der Waals surface area contributed by atoms with Crippen LogP contribution in [0.3, 0.4) is 0 Å². The fraction of sp³-hybridized carbons (Fsp3) is 0.143. The highest BCUT2D eigenvalue weighted by Gasteiger charge is 2.32. The molecule has 0 bridgehead atoms. The van der Waals surface area contributed by atoms with Gasteiger partial charge in [0.25, 0.3) is 0 Å². The van der Waals surface area contributed by atoms with Gasteiger partial charge in [0.05, 0.1) is 7.11 Å². The highest BCUT2D eigenvalue weighted by molar-refractivity contribution is 6.31. The lowest BCUT2D eigenvalue weighted by Gasteiger charge is -2.14. The molecule has 0 spiro atoms. The summed E-state index contributed by atoms with van der Waals surface area (Å²) in [5.41, 5.74) is 0.764. The lowest BCUT2D eigenvalue weighted by molar-refractivity contribution is -0.274. The fourth-order valence-electron chi connectivity index (χ4n) is 1.75. The summed E-state index contributed by atoms with van der Waals surface area (Å²) >= 11 is 5.92. The number of methoxy groups -OCH3 is 1. The van der Waals surface area contributed by atoms with Gasteiger partial charge in [-0.15, -0.1) is 13.2 Å². The van der Waals surface area contributed by atoms with Gasteiger partial charge < -0.3 is 9.47 Å². The van der Waals surface area contributed by atoms with E-state index >= 15 is 0 Å². The van der Waals surface area contributed by atoms with Gasteiger partial charge >= 0.3 is 6.36 Å². The normalized spacial score (nSPS) is 11.2. The molecule has 2 aromatic rings. The van der Waals surface area contributed by atoms with Crippen molar-refractivity contribution in [3.63, 3.8) is 0 Å². The van der Waals surface area contributed by atoms with E-state index < -0.39 is 6.36 Å². The Morgan fingerprint density at radius 2 is 1.75 bits per heavy atom. The lowest BCUT2D eigenvalue weighted by atomic mass is 10.0. The van der Waals surface area contributed by atoms with Gasteiger partial charge in [0.2, 0.25) is 0 Å². The third-order valence-electron chi connectivity index (χ3n) is 2.53. The summed E-state index contributed by atoms with van der Waals surface area (Å²) < 4.78 is 46.2. The molecule has 0 amide bonds. The maximum Gasteiger partial charge on any atom is 0.573 e. The Morgan fingerprint density at radius 1 is 1.05 bits per heavy atom. The molecule has 0 aliphatic carbocycles.